The van der Waals surface area contributed by atoms with E-state index in [2.05, 4.69) is 21.6 Å². The molecule has 8 heteroatoms. The highest BCUT2D eigenvalue weighted by Gasteiger charge is 2.32. The molecule has 1 amide bonds. The van der Waals surface area contributed by atoms with E-state index in [-0.39, 0.29) is 17.1 Å². The van der Waals surface area contributed by atoms with Crippen LogP contribution in [0.1, 0.15) is 36.5 Å². The molecule has 0 saturated carbocycles. The number of carbonyl (C=O) groups is 1. The van der Waals surface area contributed by atoms with Gasteiger partial charge in [0.05, 0.1) is 16.3 Å². The van der Waals surface area contributed by atoms with Crippen LogP contribution >= 0.6 is 23.2 Å². The smallest absolute Gasteiger partial charge is 0.257 e. The number of hydrogen-bond donors (Lipinski definition) is 1. The van der Waals surface area contributed by atoms with Crippen LogP contribution in [-0.4, -0.2) is 20.7 Å². The first-order chi connectivity index (χ1) is 12.1. The third-order valence-electron chi connectivity index (χ3n) is 4.48. The van der Waals surface area contributed by atoms with Crippen LogP contribution in [0.25, 0.3) is 11.1 Å². The second-order valence-electron chi connectivity index (χ2n) is 6.03. The molecule has 25 heavy (non-hydrogen) atoms. The predicted octanol–water partition coefficient (Wildman–Crippen LogP) is 3.70. The Morgan fingerprint density at radius 3 is 2.88 bits per heavy atom. The molecule has 2 aliphatic rings. The number of allylic oxidation sites excluding steroid dienone is 1. The lowest BCUT2D eigenvalue weighted by Crippen LogP contribution is -2.09. The summed E-state index contributed by atoms with van der Waals surface area (Å²) < 4.78 is 1.94. The van der Waals surface area contributed by atoms with E-state index in [1.165, 1.54) is 0 Å². The zero-order valence-electron chi connectivity index (χ0n) is 13.1. The van der Waals surface area contributed by atoms with E-state index in [9.17, 15) is 10.1 Å². The van der Waals surface area contributed by atoms with Gasteiger partial charge < -0.3 is 9.88 Å². The Labute approximate surface area is 154 Å². The molecule has 1 aromatic heterocycles. The average Bonchev–Trinajstić information content (AvgIpc) is 3.02. The summed E-state index contributed by atoms with van der Waals surface area (Å²) in [6.45, 7) is 0.737. The SMILES string of the molecule is N#C/C(=C1\C(=O)Nc2c(Cl)cc(Cl)cc21)c1nnc2n1CCCCC2. The molecule has 2 aliphatic heterocycles. The number of carbonyl (C=O) groups excluding carboxylic acids is 1. The van der Waals surface area contributed by atoms with Gasteiger partial charge in [0.1, 0.15) is 17.5 Å². The van der Waals surface area contributed by atoms with Crippen molar-refractivity contribution in [3.63, 3.8) is 0 Å². The zero-order chi connectivity index (χ0) is 17.6. The Bertz CT molecular complexity index is 970. The van der Waals surface area contributed by atoms with Crippen LogP contribution in [0.3, 0.4) is 0 Å². The van der Waals surface area contributed by atoms with Crippen molar-refractivity contribution in [2.45, 2.75) is 32.2 Å². The maximum Gasteiger partial charge on any atom is 0.257 e. The lowest BCUT2D eigenvalue weighted by Gasteiger charge is -2.08. The van der Waals surface area contributed by atoms with Gasteiger partial charge in [0.15, 0.2) is 5.82 Å². The molecule has 3 heterocycles. The number of fused-ring (bicyclic) bond motifs is 2. The largest absolute Gasteiger partial charge is 0.320 e. The van der Waals surface area contributed by atoms with Crippen LogP contribution in [0.2, 0.25) is 10.0 Å². The van der Waals surface area contributed by atoms with E-state index in [0.29, 0.717) is 27.1 Å². The predicted molar refractivity (Wildman–Crippen MR) is 95.1 cm³/mol. The zero-order valence-corrected chi connectivity index (χ0v) is 14.7. The van der Waals surface area contributed by atoms with Gasteiger partial charge in [-0.05, 0) is 25.0 Å². The van der Waals surface area contributed by atoms with Crippen molar-refractivity contribution in [1.29, 1.82) is 5.26 Å². The van der Waals surface area contributed by atoms with Crippen LogP contribution < -0.4 is 5.32 Å². The van der Waals surface area contributed by atoms with Gasteiger partial charge in [-0.25, -0.2) is 0 Å². The van der Waals surface area contributed by atoms with Crippen LogP contribution in [0.5, 0.6) is 0 Å². The maximum absolute atomic E-state index is 12.5. The third-order valence-corrected chi connectivity index (χ3v) is 5.00. The van der Waals surface area contributed by atoms with Gasteiger partial charge in [0.25, 0.3) is 5.91 Å². The topological polar surface area (TPSA) is 83.6 Å². The van der Waals surface area contributed by atoms with Crippen molar-refractivity contribution in [2.24, 2.45) is 0 Å². The van der Waals surface area contributed by atoms with E-state index in [4.69, 9.17) is 23.2 Å². The molecular weight excluding hydrogens is 361 g/mol. The van der Waals surface area contributed by atoms with Crippen molar-refractivity contribution in [1.82, 2.24) is 14.8 Å². The molecule has 0 aliphatic carbocycles. The first-order valence-corrected chi connectivity index (χ1v) is 8.73. The van der Waals surface area contributed by atoms with Gasteiger partial charge in [-0.2, -0.15) is 5.26 Å². The summed E-state index contributed by atoms with van der Waals surface area (Å²) in [6, 6.07) is 5.32. The number of anilines is 1. The van der Waals surface area contributed by atoms with Crippen LogP contribution in [0, 0.1) is 11.3 Å². The maximum atomic E-state index is 12.5. The first kappa shape index (κ1) is 16.1. The highest BCUT2D eigenvalue weighted by molar-refractivity contribution is 6.44. The second kappa shape index (κ2) is 6.17. The standard InChI is InChI=1S/C17H13Cl2N5O/c18-9-6-10-14(17(25)21-15(10)12(19)7-9)11(8-20)16-23-22-13-4-2-1-3-5-24(13)16/h6-7H,1-5H2,(H,21,25)/b14-11+. The summed E-state index contributed by atoms with van der Waals surface area (Å²) in [5, 5.41) is 21.6. The number of benzene rings is 1. The molecule has 6 nitrogen and oxygen atoms in total. The van der Waals surface area contributed by atoms with Gasteiger partial charge in [-0.3, -0.25) is 4.79 Å². The number of aryl methyl sites for hydroxylation is 1. The van der Waals surface area contributed by atoms with Crippen molar-refractivity contribution >= 4 is 45.9 Å². The Morgan fingerprint density at radius 1 is 1.24 bits per heavy atom. The van der Waals surface area contributed by atoms with Crippen molar-refractivity contribution in [2.75, 3.05) is 5.32 Å². The molecule has 1 aromatic carbocycles. The lowest BCUT2D eigenvalue weighted by molar-refractivity contribution is -0.110. The molecule has 0 bridgehead atoms. The molecule has 0 saturated heterocycles. The van der Waals surface area contributed by atoms with Crippen molar-refractivity contribution < 1.29 is 4.79 Å². The number of hydrogen-bond acceptors (Lipinski definition) is 4. The number of nitrogens with one attached hydrogen (secondary N) is 1. The molecule has 0 unspecified atom stereocenters. The summed E-state index contributed by atoms with van der Waals surface area (Å²) in [5.41, 5.74) is 1.41. The van der Waals surface area contributed by atoms with Crippen molar-refractivity contribution in [3.05, 3.63) is 39.4 Å². The summed E-state index contributed by atoms with van der Waals surface area (Å²) >= 11 is 12.3. The monoisotopic (exact) mass is 373 g/mol. The van der Waals surface area contributed by atoms with E-state index in [1.54, 1.807) is 12.1 Å². The van der Waals surface area contributed by atoms with E-state index in [0.717, 1.165) is 38.1 Å². The molecule has 2 aromatic rings. The minimum atomic E-state index is -0.387. The molecule has 0 atom stereocenters. The Kier molecular flexibility index (Phi) is 3.98. The minimum absolute atomic E-state index is 0.190. The number of rotatable bonds is 1. The van der Waals surface area contributed by atoms with E-state index in [1.807, 2.05) is 4.57 Å². The molecule has 0 spiro atoms. The summed E-state index contributed by atoms with van der Waals surface area (Å²) in [6.07, 6.45) is 3.97. The van der Waals surface area contributed by atoms with Crippen molar-refractivity contribution in [3.8, 4) is 6.07 Å². The minimum Gasteiger partial charge on any atom is -0.320 e. The quantitative estimate of drug-likeness (QED) is 0.610. The van der Waals surface area contributed by atoms with E-state index >= 15 is 0 Å². The Hall–Kier alpha value is -2.36. The van der Waals surface area contributed by atoms with Crippen LogP contribution in [-0.2, 0) is 17.8 Å². The fraction of sp³-hybridized carbons (Fsp3) is 0.294. The highest BCUT2D eigenvalue weighted by atomic mass is 35.5. The summed E-state index contributed by atoms with van der Waals surface area (Å²) in [7, 11) is 0. The van der Waals surface area contributed by atoms with Gasteiger partial charge in [0, 0.05) is 23.6 Å². The molecular formula is C17H13Cl2N5O. The number of amides is 1. The lowest BCUT2D eigenvalue weighted by atomic mass is 10.0. The number of nitrogens with zero attached hydrogens (tertiary/aromatic N) is 4. The number of halogens is 2. The third kappa shape index (κ3) is 2.60. The van der Waals surface area contributed by atoms with Gasteiger partial charge >= 0.3 is 0 Å². The second-order valence-corrected chi connectivity index (χ2v) is 6.87. The Balaban J connectivity index is 1.95. The summed E-state index contributed by atoms with van der Waals surface area (Å²) in [5.74, 6) is 0.888. The van der Waals surface area contributed by atoms with E-state index < -0.39 is 0 Å². The number of aromatic nitrogens is 3. The van der Waals surface area contributed by atoms with Gasteiger partial charge in [-0.1, -0.05) is 29.6 Å². The first-order valence-electron chi connectivity index (χ1n) is 7.97. The van der Waals surface area contributed by atoms with Gasteiger partial charge in [-0.15, -0.1) is 10.2 Å². The fourth-order valence-electron chi connectivity index (χ4n) is 3.33. The molecule has 126 valence electrons. The van der Waals surface area contributed by atoms with Gasteiger partial charge in [0.2, 0.25) is 0 Å². The Morgan fingerprint density at radius 2 is 2.08 bits per heavy atom. The fourth-order valence-corrected chi connectivity index (χ4v) is 3.87. The average molecular weight is 374 g/mol. The molecule has 0 fully saturated rings. The summed E-state index contributed by atoms with van der Waals surface area (Å²) in [4.78, 5) is 12.5. The normalized spacial score (nSPS) is 18.0. The van der Waals surface area contributed by atoms with Crippen LogP contribution in [0.15, 0.2) is 12.1 Å². The molecule has 4 rings (SSSR count). The number of nitriles is 1. The molecule has 0 radical (unpaired) electrons. The highest BCUT2D eigenvalue weighted by Crippen LogP contribution is 2.42. The molecule has 1 N–H and O–H groups in total. The van der Waals surface area contributed by atoms with Crippen LogP contribution in [0.4, 0.5) is 5.69 Å².